The molecule has 0 saturated heterocycles. The highest BCUT2D eigenvalue weighted by molar-refractivity contribution is 9.10. The largest absolute Gasteiger partial charge is 0.382 e. The van der Waals surface area contributed by atoms with Crippen LogP contribution in [0.2, 0.25) is 0 Å². The molecule has 0 amide bonds. The highest BCUT2D eigenvalue weighted by Gasteiger charge is 2.14. The second-order valence-electron chi connectivity index (χ2n) is 3.87. The summed E-state index contributed by atoms with van der Waals surface area (Å²) >= 11 is 3.42. The number of nitrogens with zero attached hydrogens (tertiary/aromatic N) is 3. The molecule has 0 unspecified atom stereocenters. The summed E-state index contributed by atoms with van der Waals surface area (Å²) in [5.41, 5.74) is 1.06. The van der Waals surface area contributed by atoms with Crippen molar-refractivity contribution in [3.63, 3.8) is 0 Å². The second-order valence-corrected chi connectivity index (χ2v) is 4.78. The van der Waals surface area contributed by atoms with Crippen LogP contribution in [0.1, 0.15) is 0 Å². The monoisotopic (exact) mass is 313 g/mol. The van der Waals surface area contributed by atoms with E-state index in [1.165, 1.54) is 0 Å². The minimum absolute atomic E-state index is 0.528. The minimum Gasteiger partial charge on any atom is -0.382 e. The molecule has 0 atom stereocenters. The van der Waals surface area contributed by atoms with Crippen molar-refractivity contribution >= 4 is 28.0 Å². The van der Waals surface area contributed by atoms with Crippen LogP contribution in [0.4, 0.5) is 5.69 Å². The quantitative estimate of drug-likeness (QED) is 0.754. The van der Waals surface area contributed by atoms with Crippen LogP contribution in [0.3, 0.4) is 0 Å². The van der Waals surface area contributed by atoms with Gasteiger partial charge in [0.25, 0.3) is 0 Å². The van der Waals surface area contributed by atoms with Gasteiger partial charge in [-0.1, -0.05) is 15.9 Å². The first-order chi connectivity index (χ1) is 8.79. The van der Waals surface area contributed by atoms with E-state index >= 15 is 0 Å². The zero-order chi connectivity index (χ0) is 12.8. The van der Waals surface area contributed by atoms with Gasteiger partial charge in [0.15, 0.2) is 0 Å². The summed E-state index contributed by atoms with van der Waals surface area (Å²) in [6.45, 7) is 2.44. The molecule has 0 aromatic heterocycles. The first-order valence-electron chi connectivity index (χ1n) is 5.67. The molecule has 0 saturated carbocycles. The van der Waals surface area contributed by atoms with E-state index in [2.05, 4.69) is 21.0 Å². The molecule has 1 aromatic carbocycles. The standard InChI is InChI=1S/C12H16BrN3O2/c1-17-6-7-18-10-15-8-14-16(9-15)12-4-2-11(13)3-5-12/h2-5,8H,6-7,9-10H2,1H3. The lowest BCUT2D eigenvalue weighted by Crippen LogP contribution is -2.29. The molecule has 98 valence electrons. The fourth-order valence-corrected chi connectivity index (χ4v) is 1.80. The molecule has 1 heterocycles. The van der Waals surface area contributed by atoms with Crippen molar-refractivity contribution in [1.29, 1.82) is 0 Å². The average molecular weight is 314 g/mol. The van der Waals surface area contributed by atoms with Gasteiger partial charge < -0.3 is 14.4 Å². The molecule has 0 radical (unpaired) electrons. The van der Waals surface area contributed by atoms with Crippen molar-refractivity contribution in [2.45, 2.75) is 0 Å². The average Bonchev–Trinajstić information content (AvgIpc) is 2.84. The van der Waals surface area contributed by atoms with Gasteiger partial charge in [0.2, 0.25) is 0 Å². The van der Waals surface area contributed by atoms with Crippen LogP contribution in [0.5, 0.6) is 0 Å². The van der Waals surface area contributed by atoms with E-state index in [4.69, 9.17) is 9.47 Å². The van der Waals surface area contributed by atoms with Crippen LogP contribution in [0, 0.1) is 0 Å². The smallest absolute Gasteiger partial charge is 0.121 e. The van der Waals surface area contributed by atoms with Gasteiger partial charge in [0.05, 0.1) is 18.9 Å². The third-order valence-corrected chi connectivity index (χ3v) is 3.01. The number of benzene rings is 1. The number of ether oxygens (including phenoxy) is 2. The van der Waals surface area contributed by atoms with E-state index in [0.717, 1.165) is 10.2 Å². The molecule has 1 aliphatic heterocycles. The summed E-state index contributed by atoms with van der Waals surface area (Å²) in [5, 5.41) is 6.25. The van der Waals surface area contributed by atoms with E-state index in [0.29, 0.717) is 26.6 Å². The lowest BCUT2D eigenvalue weighted by atomic mass is 10.3. The Labute approximate surface area is 115 Å². The number of hydrogen-bond acceptors (Lipinski definition) is 5. The minimum atomic E-state index is 0.528. The van der Waals surface area contributed by atoms with Crippen molar-refractivity contribution in [3.05, 3.63) is 28.7 Å². The summed E-state index contributed by atoms with van der Waals surface area (Å²) in [6, 6.07) is 8.05. The number of methoxy groups -OCH3 is 1. The summed E-state index contributed by atoms with van der Waals surface area (Å²) in [4.78, 5) is 2.00. The lowest BCUT2D eigenvalue weighted by molar-refractivity contribution is 0.0326. The molecule has 0 bridgehead atoms. The highest BCUT2D eigenvalue weighted by atomic mass is 79.9. The van der Waals surface area contributed by atoms with E-state index in [1.54, 1.807) is 13.4 Å². The Bertz CT molecular complexity index is 397. The van der Waals surface area contributed by atoms with E-state index in [9.17, 15) is 0 Å². The fraction of sp³-hybridized carbons (Fsp3) is 0.417. The number of hydrogen-bond donors (Lipinski definition) is 0. The van der Waals surface area contributed by atoms with Gasteiger partial charge in [-0.2, -0.15) is 5.10 Å². The topological polar surface area (TPSA) is 37.3 Å². The number of anilines is 1. The zero-order valence-electron chi connectivity index (χ0n) is 10.3. The van der Waals surface area contributed by atoms with Crippen molar-refractivity contribution in [1.82, 2.24) is 4.90 Å². The van der Waals surface area contributed by atoms with Gasteiger partial charge in [-0.05, 0) is 24.3 Å². The number of halogens is 1. The number of rotatable bonds is 6. The molecule has 0 aliphatic carbocycles. The molecular formula is C12H16BrN3O2. The summed E-state index contributed by atoms with van der Waals surface area (Å²) in [6.07, 6.45) is 1.79. The first kappa shape index (κ1) is 13.3. The maximum Gasteiger partial charge on any atom is 0.121 e. The lowest BCUT2D eigenvalue weighted by Gasteiger charge is -2.18. The van der Waals surface area contributed by atoms with Gasteiger partial charge in [0.1, 0.15) is 19.7 Å². The maximum absolute atomic E-state index is 5.44. The zero-order valence-corrected chi connectivity index (χ0v) is 11.8. The van der Waals surface area contributed by atoms with Crippen molar-refractivity contribution in [3.8, 4) is 0 Å². The normalized spacial score (nSPS) is 14.6. The second kappa shape index (κ2) is 6.72. The Kier molecular flexibility index (Phi) is 4.98. The SMILES string of the molecule is COCCOCN1C=NN(c2ccc(Br)cc2)C1. The Morgan fingerprint density at radius 2 is 2.06 bits per heavy atom. The van der Waals surface area contributed by atoms with Crippen molar-refractivity contribution in [2.24, 2.45) is 5.10 Å². The predicted molar refractivity (Wildman–Crippen MR) is 74.5 cm³/mol. The van der Waals surface area contributed by atoms with Gasteiger partial charge in [-0.15, -0.1) is 0 Å². The Balaban J connectivity index is 1.78. The first-order valence-corrected chi connectivity index (χ1v) is 6.47. The van der Waals surface area contributed by atoms with Crippen LogP contribution in [0.15, 0.2) is 33.8 Å². The summed E-state index contributed by atoms with van der Waals surface area (Å²) in [7, 11) is 1.66. The Morgan fingerprint density at radius 1 is 1.28 bits per heavy atom. The predicted octanol–water partition coefficient (Wildman–Crippen LogP) is 2.09. The van der Waals surface area contributed by atoms with Crippen LogP contribution in [-0.4, -0.2) is 45.0 Å². The summed E-state index contributed by atoms with van der Waals surface area (Å²) in [5.74, 6) is 0. The van der Waals surface area contributed by atoms with Gasteiger partial charge in [-0.3, -0.25) is 0 Å². The molecule has 2 rings (SSSR count). The molecule has 6 heteroatoms. The Morgan fingerprint density at radius 3 is 2.78 bits per heavy atom. The van der Waals surface area contributed by atoms with E-state index in [-0.39, 0.29) is 0 Å². The molecule has 0 fully saturated rings. The number of hydrazone groups is 1. The maximum atomic E-state index is 5.44. The van der Waals surface area contributed by atoms with Gasteiger partial charge >= 0.3 is 0 Å². The van der Waals surface area contributed by atoms with Crippen molar-refractivity contribution in [2.75, 3.05) is 38.7 Å². The van der Waals surface area contributed by atoms with Crippen LogP contribution in [-0.2, 0) is 9.47 Å². The van der Waals surface area contributed by atoms with Crippen LogP contribution < -0.4 is 5.01 Å². The van der Waals surface area contributed by atoms with E-state index in [1.807, 2.05) is 34.2 Å². The van der Waals surface area contributed by atoms with Gasteiger partial charge in [0, 0.05) is 11.6 Å². The van der Waals surface area contributed by atoms with Crippen LogP contribution in [0.25, 0.3) is 0 Å². The molecule has 1 aromatic rings. The van der Waals surface area contributed by atoms with Crippen LogP contribution >= 0.6 is 15.9 Å². The highest BCUT2D eigenvalue weighted by Crippen LogP contribution is 2.20. The fourth-order valence-electron chi connectivity index (χ4n) is 1.54. The van der Waals surface area contributed by atoms with E-state index < -0.39 is 0 Å². The summed E-state index contributed by atoms with van der Waals surface area (Å²) < 4.78 is 11.4. The molecule has 5 nitrogen and oxygen atoms in total. The molecule has 0 spiro atoms. The molecule has 18 heavy (non-hydrogen) atoms. The Hall–Kier alpha value is -1.11. The van der Waals surface area contributed by atoms with Crippen molar-refractivity contribution < 1.29 is 9.47 Å². The third-order valence-electron chi connectivity index (χ3n) is 2.48. The molecule has 0 N–H and O–H groups in total. The molecule has 1 aliphatic rings. The van der Waals surface area contributed by atoms with Gasteiger partial charge in [-0.25, -0.2) is 5.01 Å². The molecular weight excluding hydrogens is 298 g/mol. The third kappa shape index (κ3) is 3.69.